The van der Waals surface area contributed by atoms with E-state index in [2.05, 4.69) is 38.1 Å². The maximum absolute atomic E-state index is 11.1. The van der Waals surface area contributed by atoms with Crippen molar-refractivity contribution >= 4 is 17.6 Å². The number of rotatable bonds is 11. The van der Waals surface area contributed by atoms with E-state index in [4.69, 9.17) is 26.2 Å². The van der Waals surface area contributed by atoms with E-state index in [9.17, 15) is 9.90 Å². The van der Waals surface area contributed by atoms with Gasteiger partial charge in [0, 0.05) is 12.3 Å². The van der Waals surface area contributed by atoms with Crippen LogP contribution in [0, 0.1) is 0 Å². The monoisotopic (exact) mass is 434 g/mol. The lowest BCUT2D eigenvalue weighted by atomic mass is 9.78. The topological polar surface area (TPSA) is 76.0 Å². The van der Waals surface area contributed by atoms with Crippen molar-refractivity contribution in [2.24, 2.45) is 0 Å². The Labute approximate surface area is 183 Å². The molecule has 0 aromatic heterocycles. The number of aliphatic hydroxyl groups is 2. The van der Waals surface area contributed by atoms with Gasteiger partial charge in [0.1, 0.15) is 24.6 Å². The van der Waals surface area contributed by atoms with Crippen LogP contribution in [0.5, 0.6) is 5.75 Å². The number of aliphatic hydroxyl groups excluding tert-OH is 2. The second kappa shape index (κ2) is 11.3. The minimum Gasteiger partial charge on any atom is -0.491 e. The van der Waals surface area contributed by atoms with Gasteiger partial charge >= 0.3 is 5.97 Å². The quantitative estimate of drug-likeness (QED) is 0.415. The Hall–Kier alpha value is -2.08. The van der Waals surface area contributed by atoms with Crippen LogP contribution < -0.4 is 4.74 Å². The zero-order valence-electron chi connectivity index (χ0n) is 17.8. The Morgan fingerprint density at radius 1 is 1.07 bits per heavy atom. The van der Waals surface area contributed by atoms with Crippen LogP contribution in [0.2, 0.25) is 0 Å². The van der Waals surface area contributed by atoms with E-state index >= 15 is 0 Å². The SMILES string of the molecule is CC(=O)OC(CCl)CCc1ccc(C(C)(C)c2ccc(OCC(O)CO)cc2)cc1. The molecule has 0 saturated carbocycles. The van der Waals surface area contributed by atoms with Crippen LogP contribution in [-0.4, -0.2) is 47.5 Å². The summed E-state index contributed by atoms with van der Waals surface area (Å²) < 4.78 is 10.7. The van der Waals surface area contributed by atoms with Crippen LogP contribution in [0.3, 0.4) is 0 Å². The Balaban J connectivity index is 2.01. The summed E-state index contributed by atoms with van der Waals surface area (Å²) in [7, 11) is 0. The Morgan fingerprint density at radius 3 is 2.13 bits per heavy atom. The molecule has 2 aromatic carbocycles. The Kier molecular flexibility index (Phi) is 9.15. The highest BCUT2D eigenvalue weighted by Gasteiger charge is 2.23. The van der Waals surface area contributed by atoms with Crippen LogP contribution in [0.15, 0.2) is 48.5 Å². The van der Waals surface area contributed by atoms with Crippen LogP contribution in [-0.2, 0) is 21.4 Å². The predicted molar refractivity (Wildman–Crippen MR) is 118 cm³/mol. The van der Waals surface area contributed by atoms with E-state index in [0.717, 1.165) is 12.0 Å². The summed E-state index contributed by atoms with van der Waals surface area (Å²) in [5.41, 5.74) is 3.30. The molecule has 2 atom stereocenters. The largest absolute Gasteiger partial charge is 0.491 e. The predicted octanol–water partition coefficient (Wildman–Crippen LogP) is 3.85. The molecule has 0 aliphatic carbocycles. The van der Waals surface area contributed by atoms with Gasteiger partial charge in [-0.2, -0.15) is 0 Å². The first-order chi connectivity index (χ1) is 14.3. The third kappa shape index (κ3) is 7.01. The minimum atomic E-state index is -0.881. The summed E-state index contributed by atoms with van der Waals surface area (Å²) in [6.07, 6.45) is 0.336. The average Bonchev–Trinajstić information content (AvgIpc) is 2.75. The van der Waals surface area contributed by atoms with E-state index in [-0.39, 0.29) is 30.7 Å². The molecule has 2 rings (SSSR count). The van der Waals surface area contributed by atoms with Gasteiger partial charge in [-0.1, -0.05) is 50.2 Å². The third-order valence-corrected chi connectivity index (χ3v) is 5.51. The lowest BCUT2D eigenvalue weighted by Crippen LogP contribution is -2.21. The van der Waals surface area contributed by atoms with Crippen LogP contribution >= 0.6 is 11.6 Å². The maximum Gasteiger partial charge on any atom is 0.302 e. The number of alkyl halides is 1. The molecule has 30 heavy (non-hydrogen) atoms. The molecule has 0 spiro atoms. The zero-order valence-corrected chi connectivity index (χ0v) is 18.6. The highest BCUT2D eigenvalue weighted by Crippen LogP contribution is 2.32. The molecule has 0 radical (unpaired) electrons. The molecular weight excluding hydrogens is 404 g/mol. The summed E-state index contributed by atoms with van der Waals surface area (Å²) in [5, 5.41) is 18.3. The van der Waals surface area contributed by atoms with Gasteiger partial charge in [0.25, 0.3) is 0 Å². The molecule has 5 nitrogen and oxygen atoms in total. The van der Waals surface area contributed by atoms with Gasteiger partial charge in [0.15, 0.2) is 0 Å². The number of aryl methyl sites for hydroxylation is 1. The summed E-state index contributed by atoms with van der Waals surface area (Å²) >= 11 is 5.87. The number of hydrogen-bond donors (Lipinski definition) is 2. The zero-order chi connectivity index (χ0) is 22.1. The molecule has 164 valence electrons. The summed E-state index contributed by atoms with van der Waals surface area (Å²) in [6.45, 7) is 5.46. The molecule has 6 heteroatoms. The molecule has 2 unspecified atom stereocenters. The van der Waals surface area contributed by atoms with Crippen LogP contribution in [0.4, 0.5) is 0 Å². The smallest absolute Gasteiger partial charge is 0.302 e. The maximum atomic E-state index is 11.1. The Bertz CT molecular complexity index is 786. The number of ether oxygens (including phenoxy) is 2. The van der Waals surface area contributed by atoms with E-state index in [0.29, 0.717) is 18.1 Å². The number of benzene rings is 2. The van der Waals surface area contributed by atoms with Crippen molar-refractivity contribution in [1.82, 2.24) is 0 Å². The van der Waals surface area contributed by atoms with E-state index < -0.39 is 6.10 Å². The lowest BCUT2D eigenvalue weighted by molar-refractivity contribution is -0.145. The molecule has 2 aromatic rings. The van der Waals surface area contributed by atoms with Gasteiger partial charge in [0.05, 0.1) is 12.5 Å². The van der Waals surface area contributed by atoms with Crippen molar-refractivity contribution in [3.8, 4) is 5.75 Å². The minimum absolute atomic E-state index is 0.0583. The fraction of sp³-hybridized carbons (Fsp3) is 0.458. The second-order valence-corrected chi connectivity index (χ2v) is 8.23. The van der Waals surface area contributed by atoms with Crippen molar-refractivity contribution in [3.63, 3.8) is 0 Å². The van der Waals surface area contributed by atoms with Crippen molar-refractivity contribution in [2.75, 3.05) is 19.1 Å². The molecule has 0 amide bonds. The number of hydrogen-bond acceptors (Lipinski definition) is 5. The van der Waals surface area contributed by atoms with Gasteiger partial charge < -0.3 is 19.7 Å². The highest BCUT2D eigenvalue weighted by molar-refractivity contribution is 6.18. The van der Waals surface area contributed by atoms with Crippen molar-refractivity contribution in [1.29, 1.82) is 0 Å². The standard InChI is InChI=1S/C24H31ClO5/c1-17(27)30-23(14-25)11-6-18-4-7-19(8-5-18)24(2,3)20-9-12-22(13-10-20)29-16-21(28)15-26/h4-5,7-10,12-13,21,23,26,28H,6,11,14-16H2,1-3H3. The van der Waals surface area contributed by atoms with Crippen molar-refractivity contribution in [2.45, 2.75) is 51.2 Å². The molecule has 0 fully saturated rings. The Morgan fingerprint density at radius 2 is 1.63 bits per heavy atom. The number of esters is 1. The molecule has 0 aliphatic rings. The van der Waals surface area contributed by atoms with E-state index in [1.807, 2.05) is 24.3 Å². The molecule has 0 saturated heterocycles. The molecule has 2 N–H and O–H groups in total. The van der Waals surface area contributed by atoms with Crippen molar-refractivity contribution < 1.29 is 24.5 Å². The summed E-state index contributed by atoms with van der Waals surface area (Å²) in [5.74, 6) is 0.640. The molecule has 0 bridgehead atoms. The normalized spacial score (nSPS) is 13.5. The average molecular weight is 435 g/mol. The van der Waals surface area contributed by atoms with Gasteiger partial charge in [-0.3, -0.25) is 4.79 Å². The van der Waals surface area contributed by atoms with Crippen LogP contribution in [0.1, 0.15) is 43.9 Å². The number of halogens is 1. The second-order valence-electron chi connectivity index (χ2n) is 7.92. The first kappa shape index (κ1) is 24.2. The summed E-state index contributed by atoms with van der Waals surface area (Å²) in [6, 6.07) is 16.2. The first-order valence-corrected chi connectivity index (χ1v) is 10.6. The number of carbonyl (C=O) groups is 1. The lowest BCUT2D eigenvalue weighted by Gasteiger charge is -2.26. The molecule has 0 aliphatic heterocycles. The molecule has 0 heterocycles. The summed E-state index contributed by atoms with van der Waals surface area (Å²) in [4.78, 5) is 11.1. The van der Waals surface area contributed by atoms with Crippen LogP contribution in [0.25, 0.3) is 0 Å². The fourth-order valence-corrected chi connectivity index (χ4v) is 3.41. The van der Waals surface area contributed by atoms with Crippen molar-refractivity contribution in [3.05, 3.63) is 65.2 Å². The van der Waals surface area contributed by atoms with Gasteiger partial charge in [-0.15, -0.1) is 11.6 Å². The van der Waals surface area contributed by atoms with Gasteiger partial charge in [-0.25, -0.2) is 0 Å². The van der Waals surface area contributed by atoms with E-state index in [1.54, 1.807) is 0 Å². The van der Waals surface area contributed by atoms with Gasteiger partial charge in [-0.05, 0) is 41.7 Å². The number of carbonyl (C=O) groups excluding carboxylic acids is 1. The van der Waals surface area contributed by atoms with Gasteiger partial charge in [0.2, 0.25) is 0 Å². The van der Waals surface area contributed by atoms with E-state index in [1.165, 1.54) is 18.1 Å². The highest BCUT2D eigenvalue weighted by atomic mass is 35.5. The fourth-order valence-electron chi connectivity index (χ4n) is 3.20. The third-order valence-electron chi connectivity index (χ3n) is 5.16. The first-order valence-electron chi connectivity index (χ1n) is 10.1. The molecular formula is C24H31ClO5.